The molecule has 4 fully saturated rings. The van der Waals surface area contributed by atoms with Crippen molar-refractivity contribution >= 4 is 11.8 Å². The summed E-state index contributed by atoms with van der Waals surface area (Å²) in [7, 11) is 0. The van der Waals surface area contributed by atoms with Crippen LogP contribution in [-0.4, -0.2) is 17.0 Å². The van der Waals surface area contributed by atoms with Gasteiger partial charge in [0, 0.05) is 17.0 Å². The van der Waals surface area contributed by atoms with Crippen LogP contribution in [0.2, 0.25) is 0 Å². The minimum absolute atomic E-state index is 0.613. The maximum absolute atomic E-state index is 5.70. The lowest BCUT2D eigenvalue weighted by Crippen LogP contribution is -2.57. The fourth-order valence-electron chi connectivity index (χ4n) is 5.78. The molecule has 1 nitrogen and oxygen atoms in total. The molecule has 92 valence electrons. The number of rotatable bonds is 3. The van der Waals surface area contributed by atoms with E-state index in [0.29, 0.717) is 15.6 Å². The molecule has 0 aromatic rings. The van der Waals surface area contributed by atoms with E-state index in [4.69, 9.17) is 5.73 Å². The zero-order valence-corrected chi connectivity index (χ0v) is 11.5. The van der Waals surface area contributed by atoms with Crippen LogP contribution < -0.4 is 5.73 Å². The Balaban J connectivity index is 1.86. The SMILES string of the molecule is CC12CC3CC(C)(C1)CC(SCCN)(C3)C2. The van der Waals surface area contributed by atoms with Crippen molar-refractivity contribution in [1.82, 2.24) is 0 Å². The van der Waals surface area contributed by atoms with E-state index in [1.807, 2.05) is 0 Å². The molecular formula is C14H25NS. The molecule has 2 atom stereocenters. The molecule has 0 aromatic carbocycles. The van der Waals surface area contributed by atoms with Crippen molar-refractivity contribution < 1.29 is 0 Å². The zero-order chi connectivity index (χ0) is 11.4. The zero-order valence-electron chi connectivity index (χ0n) is 10.7. The molecule has 0 amide bonds. The van der Waals surface area contributed by atoms with E-state index in [1.165, 1.54) is 44.3 Å². The Hall–Kier alpha value is 0.310. The van der Waals surface area contributed by atoms with E-state index in [9.17, 15) is 0 Å². The van der Waals surface area contributed by atoms with E-state index in [1.54, 1.807) is 0 Å². The minimum atomic E-state index is 0.613. The first-order valence-corrected chi connectivity index (χ1v) is 7.79. The summed E-state index contributed by atoms with van der Waals surface area (Å²) in [5, 5.41) is 0. The van der Waals surface area contributed by atoms with Gasteiger partial charge < -0.3 is 5.73 Å². The molecule has 16 heavy (non-hydrogen) atoms. The molecule has 2 N–H and O–H groups in total. The average Bonchev–Trinajstić information content (AvgIpc) is 2.08. The van der Waals surface area contributed by atoms with Gasteiger partial charge in [0.2, 0.25) is 0 Å². The summed E-state index contributed by atoms with van der Waals surface area (Å²) in [5.41, 5.74) is 7.03. The Labute approximate surface area is 104 Å². The van der Waals surface area contributed by atoms with E-state index >= 15 is 0 Å². The second-order valence-electron chi connectivity index (χ2n) is 7.45. The summed E-state index contributed by atoms with van der Waals surface area (Å²) in [4.78, 5) is 0. The summed E-state index contributed by atoms with van der Waals surface area (Å²) in [5.74, 6) is 2.19. The van der Waals surface area contributed by atoms with Crippen molar-refractivity contribution in [3.8, 4) is 0 Å². The first-order valence-electron chi connectivity index (χ1n) is 6.81. The van der Waals surface area contributed by atoms with Gasteiger partial charge in [0.05, 0.1) is 0 Å². The molecule has 0 spiro atoms. The molecule has 0 aromatic heterocycles. The largest absolute Gasteiger partial charge is 0.330 e. The van der Waals surface area contributed by atoms with Crippen LogP contribution in [0, 0.1) is 16.7 Å². The number of thioether (sulfide) groups is 1. The molecule has 4 aliphatic carbocycles. The Morgan fingerprint density at radius 1 is 1.06 bits per heavy atom. The topological polar surface area (TPSA) is 26.0 Å². The normalized spacial score (nSPS) is 54.6. The van der Waals surface area contributed by atoms with Crippen molar-refractivity contribution in [2.45, 2.75) is 57.1 Å². The fourth-order valence-corrected chi connectivity index (χ4v) is 7.58. The highest BCUT2D eigenvalue weighted by molar-refractivity contribution is 8.00. The summed E-state index contributed by atoms with van der Waals surface area (Å²) >= 11 is 2.21. The lowest BCUT2D eigenvalue weighted by molar-refractivity contribution is -0.0777. The van der Waals surface area contributed by atoms with E-state index < -0.39 is 0 Å². The van der Waals surface area contributed by atoms with Crippen molar-refractivity contribution in [3.63, 3.8) is 0 Å². The highest BCUT2D eigenvalue weighted by Gasteiger charge is 2.59. The first kappa shape index (κ1) is 11.4. The van der Waals surface area contributed by atoms with Crippen LogP contribution in [0.3, 0.4) is 0 Å². The van der Waals surface area contributed by atoms with E-state index in [2.05, 4.69) is 25.6 Å². The minimum Gasteiger partial charge on any atom is -0.330 e. The van der Waals surface area contributed by atoms with Crippen LogP contribution in [0.15, 0.2) is 0 Å². The Kier molecular flexibility index (Phi) is 2.43. The Bertz CT molecular complexity index is 283. The predicted molar refractivity (Wildman–Crippen MR) is 71.6 cm³/mol. The predicted octanol–water partition coefficient (Wildman–Crippen LogP) is 3.43. The van der Waals surface area contributed by atoms with Crippen LogP contribution >= 0.6 is 11.8 Å². The van der Waals surface area contributed by atoms with Crippen molar-refractivity contribution in [2.24, 2.45) is 22.5 Å². The van der Waals surface area contributed by atoms with Crippen LogP contribution in [-0.2, 0) is 0 Å². The van der Waals surface area contributed by atoms with Gasteiger partial charge in [-0.2, -0.15) is 11.8 Å². The highest BCUT2D eigenvalue weighted by atomic mass is 32.2. The summed E-state index contributed by atoms with van der Waals surface area (Å²) in [6, 6.07) is 0. The maximum Gasteiger partial charge on any atom is 0.0173 e. The molecule has 4 aliphatic rings. The summed E-state index contributed by atoms with van der Waals surface area (Å²) in [6.45, 7) is 5.95. The van der Waals surface area contributed by atoms with Crippen LogP contribution in [0.1, 0.15) is 52.4 Å². The number of hydrogen-bond donors (Lipinski definition) is 1. The van der Waals surface area contributed by atoms with Crippen molar-refractivity contribution in [3.05, 3.63) is 0 Å². The molecule has 2 heteroatoms. The van der Waals surface area contributed by atoms with Gasteiger partial charge in [-0.05, 0) is 55.3 Å². The number of nitrogens with two attached hydrogens (primary N) is 1. The van der Waals surface area contributed by atoms with Gasteiger partial charge in [0.15, 0.2) is 0 Å². The van der Waals surface area contributed by atoms with Crippen molar-refractivity contribution in [2.75, 3.05) is 12.3 Å². The van der Waals surface area contributed by atoms with Crippen LogP contribution in [0.5, 0.6) is 0 Å². The van der Waals surface area contributed by atoms with Gasteiger partial charge in [-0.15, -0.1) is 0 Å². The van der Waals surface area contributed by atoms with Gasteiger partial charge in [-0.25, -0.2) is 0 Å². The first-order chi connectivity index (χ1) is 7.47. The third-order valence-electron chi connectivity index (χ3n) is 5.10. The molecule has 4 bridgehead atoms. The Morgan fingerprint density at radius 2 is 1.69 bits per heavy atom. The Morgan fingerprint density at radius 3 is 2.19 bits per heavy atom. The average molecular weight is 239 g/mol. The summed E-state index contributed by atoms with van der Waals surface area (Å²) < 4.78 is 0.613. The molecule has 4 rings (SSSR count). The molecule has 0 saturated heterocycles. The summed E-state index contributed by atoms with van der Waals surface area (Å²) in [6.07, 6.45) is 8.93. The van der Waals surface area contributed by atoms with Gasteiger partial charge >= 0.3 is 0 Å². The molecule has 4 saturated carbocycles. The lowest BCUT2D eigenvalue weighted by atomic mass is 9.45. The molecular weight excluding hydrogens is 214 g/mol. The second kappa shape index (κ2) is 3.41. The van der Waals surface area contributed by atoms with Crippen LogP contribution in [0.4, 0.5) is 0 Å². The smallest absolute Gasteiger partial charge is 0.0173 e. The van der Waals surface area contributed by atoms with Crippen LogP contribution in [0.25, 0.3) is 0 Å². The molecule has 2 unspecified atom stereocenters. The molecule has 0 aliphatic heterocycles. The standard InChI is InChI=1S/C14H25NS/c1-12-5-11-6-13(2,8-12)10-14(7-11,9-12)16-4-3-15/h11H,3-10,15H2,1-2H3. The molecule has 0 heterocycles. The van der Waals surface area contributed by atoms with Gasteiger partial charge in [0.1, 0.15) is 0 Å². The third-order valence-corrected chi connectivity index (χ3v) is 6.61. The quantitative estimate of drug-likeness (QED) is 0.816. The molecule has 0 radical (unpaired) electrons. The van der Waals surface area contributed by atoms with E-state index in [0.717, 1.165) is 12.5 Å². The fraction of sp³-hybridized carbons (Fsp3) is 1.00. The lowest BCUT2D eigenvalue weighted by Gasteiger charge is -2.65. The maximum atomic E-state index is 5.70. The van der Waals surface area contributed by atoms with Gasteiger partial charge in [-0.1, -0.05) is 13.8 Å². The van der Waals surface area contributed by atoms with Crippen molar-refractivity contribution in [1.29, 1.82) is 0 Å². The third kappa shape index (κ3) is 1.73. The van der Waals surface area contributed by atoms with Gasteiger partial charge in [-0.3, -0.25) is 0 Å². The highest BCUT2D eigenvalue weighted by Crippen LogP contribution is 2.69. The van der Waals surface area contributed by atoms with Gasteiger partial charge in [0.25, 0.3) is 0 Å². The second-order valence-corrected chi connectivity index (χ2v) is 9.01. The monoisotopic (exact) mass is 239 g/mol. The number of hydrogen-bond acceptors (Lipinski definition) is 2. The van der Waals surface area contributed by atoms with E-state index in [-0.39, 0.29) is 0 Å².